The average molecular weight is 447 g/mol. The van der Waals surface area contributed by atoms with Crippen LogP contribution in [-0.2, 0) is 12.6 Å². The molecule has 0 aliphatic rings. The highest BCUT2D eigenvalue weighted by atomic mass is 19.4. The predicted molar refractivity (Wildman–Crippen MR) is 109 cm³/mol. The zero-order valence-electron chi connectivity index (χ0n) is 17.5. The van der Waals surface area contributed by atoms with E-state index in [1.54, 1.807) is 17.9 Å². The van der Waals surface area contributed by atoms with Gasteiger partial charge in [0, 0.05) is 49.4 Å². The monoisotopic (exact) mass is 447 g/mol. The molecule has 168 valence electrons. The Kier molecular flexibility index (Phi) is 7.12. The molecule has 0 spiro atoms. The van der Waals surface area contributed by atoms with Crippen LogP contribution < -0.4 is 0 Å². The number of nitrogens with zero attached hydrogens (tertiary/aromatic N) is 5. The van der Waals surface area contributed by atoms with Crippen LogP contribution in [0.25, 0.3) is 11.4 Å². The molecule has 3 rings (SSSR count). The lowest BCUT2D eigenvalue weighted by Crippen LogP contribution is -2.39. The molecule has 0 fully saturated rings. The number of amides is 1. The Labute approximate surface area is 182 Å². The third kappa shape index (κ3) is 5.43. The molecule has 0 aliphatic heterocycles. The zero-order chi connectivity index (χ0) is 23.3. The van der Waals surface area contributed by atoms with E-state index < -0.39 is 23.5 Å². The molecule has 0 bridgehead atoms. The highest BCUT2D eigenvalue weighted by Crippen LogP contribution is 2.28. The van der Waals surface area contributed by atoms with Gasteiger partial charge >= 0.3 is 6.18 Å². The van der Waals surface area contributed by atoms with E-state index in [0.29, 0.717) is 24.4 Å². The van der Waals surface area contributed by atoms with Crippen molar-refractivity contribution in [2.75, 3.05) is 6.54 Å². The first-order chi connectivity index (χ1) is 15.2. The Balaban J connectivity index is 1.77. The van der Waals surface area contributed by atoms with Crippen LogP contribution in [0.4, 0.5) is 17.6 Å². The molecule has 1 aromatic carbocycles. The molecule has 1 amide bonds. The maximum absolute atomic E-state index is 14.0. The number of aromatic nitrogens is 4. The van der Waals surface area contributed by atoms with Crippen LogP contribution in [0.3, 0.4) is 0 Å². The van der Waals surface area contributed by atoms with Gasteiger partial charge in [0.05, 0.1) is 11.1 Å². The van der Waals surface area contributed by atoms with Gasteiger partial charge in [0.1, 0.15) is 11.6 Å². The van der Waals surface area contributed by atoms with Crippen molar-refractivity contribution in [3.63, 3.8) is 0 Å². The summed E-state index contributed by atoms with van der Waals surface area (Å²) in [6, 6.07) is 5.20. The van der Waals surface area contributed by atoms with Gasteiger partial charge in [0.25, 0.3) is 5.91 Å². The number of carbonyl (C=O) groups is 1. The van der Waals surface area contributed by atoms with E-state index in [-0.39, 0.29) is 23.9 Å². The summed E-state index contributed by atoms with van der Waals surface area (Å²) in [5, 5.41) is 0. The molecule has 0 radical (unpaired) electrons. The summed E-state index contributed by atoms with van der Waals surface area (Å²) < 4.78 is 51.9. The average Bonchev–Trinajstić information content (AvgIpc) is 2.78. The summed E-state index contributed by atoms with van der Waals surface area (Å²) in [7, 11) is 0. The first kappa shape index (κ1) is 23.2. The normalized spacial score (nSPS) is 12.4. The van der Waals surface area contributed by atoms with Gasteiger partial charge in [-0.3, -0.25) is 4.79 Å². The molecule has 0 aliphatic carbocycles. The summed E-state index contributed by atoms with van der Waals surface area (Å²) in [5.41, 5.74) is -0.370. The number of aryl methyl sites for hydroxylation is 1. The molecular weight excluding hydrogens is 426 g/mol. The standard InChI is InChI=1S/C22H21F4N5O/c1-3-31(14(2)5-8-19-29-12-15(13-30-19)22(24,25)26)21(32)18-11-16(23)6-7-17(18)20-27-9-4-10-28-20/h4,6-7,9-14H,3,5,8H2,1-2H3/t14-/m0/s1. The molecule has 6 nitrogen and oxygen atoms in total. The summed E-state index contributed by atoms with van der Waals surface area (Å²) in [6.07, 6.45) is 0.748. The number of hydrogen-bond donors (Lipinski definition) is 0. The lowest BCUT2D eigenvalue weighted by molar-refractivity contribution is -0.138. The maximum atomic E-state index is 14.0. The van der Waals surface area contributed by atoms with Crippen molar-refractivity contribution in [1.82, 2.24) is 24.8 Å². The van der Waals surface area contributed by atoms with Gasteiger partial charge in [-0.25, -0.2) is 24.3 Å². The summed E-state index contributed by atoms with van der Waals surface area (Å²) >= 11 is 0. The minimum absolute atomic E-state index is 0.135. The molecule has 32 heavy (non-hydrogen) atoms. The molecule has 3 aromatic rings. The first-order valence-corrected chi connectivity index (χ1v) is 9.96. The van der Waals surface area contributed by atoms with E-state index in [9.17, 15) is 22.4 Å². The zero-order valence-corrected chi connectivity index (χ0v) is 17.5. The van der Waals surface area contributed by atoms with Gasteiger partial charge in [-0.2, -0.15) is 13.2 Å². The van der Waals surface area contributed by atoms with Gasteiger partial charge in [-0.15, -0.1) is 0 Å². The number of benzene rings is 1. The van der Waals surface area contributed by atoms with Crippen molar-refractivity contribution >= 4 is 5.91 Å². The Morgan fingerprint density at radius 3 is 2.34 bits per heavy atom. The SMILES string of the molecule is CCN(C(=O)c1cc(F)ccc1-c1ncccn1)[C@@H](C)CCc1ncc(C(F)(F)F)cn1. The summed E-state index contributed by atoms with van der Waals surface area (Å²) in [4.78, 5) is 30.7. The largest absolute Gasteiger partial charge is 0.419 e. The lowest BCUT2D eigenvalue weighted by atomic mass is 10.0. The molecule has 0 saturated heterocycles. The van der Waals surface area contributed by atoms with Crippen LogP contribution in [-0.4, -0.2) is 43.3 Å². The molecule has 1 atom stereocenters. The Morgan fingerprint density at radius 1 is 1.09 bits per heavy atom. The molecule has 2 heterocycles. The Hall–Kier alpha value is -3.43. The third-order valence-electron chi connectivity index (χ3n) is 4.97. The van der Waals surface area contributed by atoms with Crippen LogP contribution in [0.15, 0.2) is 49.1 Å². The van der Waals surface area contributed by atoms with E-state index in [1.165, 1.54) is 24.5 Å². The molecule has 2 aromatic heterocycles. The van der Waals surface area contributed by atoms with Crippen LogP contribution in [0, 0.1) is 5.82 Å². The smallest absolute Gasteiger partial charge is 0.336 e. The van der Waals surface area contributed by atoms with Crippen molar-refractivity contribution in [2.45, 2.75) is 38.9 Å². The fourth-order valence-corrected chi connectivity index (χ4v) is 3.26. The van der Waals surface area contributed by atoms with E-state index in [1.807, 2.05) is 6.92 Å². The van der Waals surface area contributed by atoms with E-state index in [0.717, 1.165) is 18.5 Å². The van der Waals surface area contributed by atoms with Gasteiger partial charge in [-0.05, 0) is 44.5 Å². The van der Waals surface area contributed by atoms with Gasteiger partial charge in [0.2, 0.25) is 0 Å². The predicted octanol–water partition coefficient (Wildman–Crippen LogP) is 4.57. The topological polar surface area (TPSA) is 71.9 Å². The minimum Gasteiger partial charge on any atom is -0.336 e. The fraction of sp³-hybridized carbons (Fsp3) is 0.318. The first-order valence-electron chi connectivity index (χ1n) is 9.96. The van der Waals surface area contributed by atoms with Crippen molar-refractivity contribution in [2.24, 2.45) is 0 Å². The Bertz CT molecular complexity index is 1060. The lowest BCUT2D eigenvalue weighted by Gasteiger charge is -2.29. The van der Waals surface area contributed by atoms with E-state index in [4.69, 9.17) is 0 Å². The van der Waals surface area contributed by atoms with Crippen molar-refractivity contribution in [3.8, 4) is 11.4 Å². The molecule has 0 N–H and O–H groups in total. The summed E-state index contributed by atoms with van der Waals surface area (Å²) in [5.74, 6) is -0.402. The van der Waals surface area contributed by atoms with Gasteiger partial charge in [-0.1, -0.05) is 0 Å². The van der Waals surface area contributed by atoms with E-state index >= 15 is 0 Å². The number of carbonyl (C=O) groups excluding carboxylic acids is 1. The number of hydrogen-bond acceptors (Lipinski definition) is 5. The van der Waals surface area contributed by atoms with Gasteiger partial charge < -0.3 is 4.90 Å². The number of alkyl halides is 3. The molecule has 0 saturated carbocycles. The molecule has 0 unspecified atom stereocenters. The highest BCUT2D eigenvalue weighted by molar-refractivity contribution is 6.00. The maximum Gasteiger partial charge on any atom is 0.419 e. The van der Waals surface area contributed by atoms with Crippen molar-refractivity contribution in [1.29, 1.82) is 0 Å². The minimum atomic E-state index is -4.50. The third-order valence-corrected chi connectivity index (χ3v) is 4.97. The second-order valence-electron chi connectivity index (χ2n) is 7.13. The second-order valence-corrected chi connectivity index (χ2v) is 7.13. The van der Waals surface area contributed by atoms with Crippen molar-refractivity contribution < 1.29 is 22.4 Å². The fourth-order valence-electron chi connectivity index (χ4n) is 3.26. The number of halogens is 4. The van der Waals surface area contributed by atoms with Crippen LogP contribution in [0.5, 0.6) is 0 Å². The molecule has 10 heteroatoms. The van der Waals surface area contributed by atoms with Gasteiger partial charge in [0.15, 0.2) is 5.82 Å². The quantitative estimate of drug-likeness (QED) is 0.496. The summed E-state index contributed by atoms with van der Waals surface area (Å²) in [6.45, 7) is 3.95. The number of rotatable bonds is 7. The van der Waals surface area contributed by atoms with Crippen LogP contribution in [0.2, 0.25) is 0 Å². The van der Waals surface area contributed by atoms with Crippen LogP contribution in [0.1, 0.15) is 42.0 Å². The molecular formula is C22H21F4N5O. The van der Waals surface area contributed by atoms with Crippen molar-refractivity contribution in [3.05, 3.63) is 71.8 Å². The van der Waals surface area contributed by atoms with E-state index in [2.05, 4.69) is 19.9 Å². The van der Waals surface area contributed by atoms with Crippen LogP contribution >= 0.6 is 0 Å². The second kappa shape index (κ2) is 9.80. The Morgan fingerprint density at radius 2 is 1.75 bits per heavy atom. The highest BCUT2D eigenvalue weighted by Gasteiger charge is 2.31.